The molecule has 10 heteroatoms. The standard InChI is InChI=1S/C24H17N9O/c25-11-14-1-3-15(4-2-14)13-32-20(7-8-28-32)16-9-21-22(27-12-16)23(26)31-33(21)17-5-6-18-19(10-17)30-24(34)29-18/h1-10,12H,13H2,(H2,26,31)(H2,29,30,34). The molecule has 4 aromatic heterocycles. The summed E-state index contributed by atoms with van der Waals surface area (Å²) < 4.78 is 3.60. The van der Waals surface area contributed by atoms with Crippen molar-refractivity contribution in [2.45, 2.75) is 6.54 Å². The summed E-state index contributed by atoms with van der Waals surface area (Å²) in [6.07, 6.45) is 3.49. The Balaban J connectivity index is 1.43. The second-order valence-corrected chi connectivity index (χ2v) is 7.88. The Kier molecular flexibility index (Phi) is 4.28. The summed E-state index contributed by atoms with van der Waals surface area (Å²) in [5.41, 5.74) is 12.7. The molecule has 164 valence electrons. The molecule has 4 N–H and O–H groups in total. The average Bonchev–Trinajstić information content (AvgIpc) is 3.55. The number of nitrogens with two attached hydrogens (primary N) is 1. The zero-order valence-electron chi connectivity index (χ0n) is 17.7. The van der Waals surface area contributed by atoms with Crippen molar-refractivity contribution < 1.29 is 0 Å². The van der Waals surface area contributed by atoms with Gasteiger partial charge in [0.1, 0.15) is 5.52 Å². The first-order valence-electron chi connectivity index (χ1n) is 10.5. The van der Waals surface area contributed by atoms with Crippen LogP contribution in [0, 0.1) is 11.3 Å². The number of imidazole rings is 1. The predicted molar refractivity (Wildman–Crippen MR) is 127 cm³/mol. The van der Waals surface area contributed by atoms with Crippen molar-refractivity contribution in [3.8, 4) is 23.0 Å². The van der Waals surface area contributed by atoms with Gasteiger partial charge in [-0.1, -0.05) is 12.1 Å². The molecule has 6 rings (SSSR count). The van der Waals surface area contributed by atoms with Crippen LogP contribution >= 0.6 is 0 Å². The van der Waals surface area contributed by atoms with Crippen LogP contribution < -0.4 is 11.4 Å². The first kappa shape index (κ1) is 19.5. The predicted octanol–water partition coefficient (Wildman–Crippen LogP) is 2.96. The molecule has 0 saturated carbocycles. The highest BCUT2D eigenvalue weighted by Crippen LogP contribution is 2.28. The quantitative estimate of drug-likeness (QED) is 0.378. The number of pyridine rings is 1. The van der Waals surface area contributed by atoms with Crippen LogP contribution in [-0.2, 0) is 6.54 Å². The molecule has 0 amide bonds. The van der Waals surface area contributed by atoms with Crippen LogP contribution in [0.3, 0.4) is 0 Å². The van der Waals surface area contributed by atoms with Crippen LogP contribution in [-0.4, -0.2) is 34.5 Å². The minimum atomic E-state index is -0.267. The largest absolute Gasteiger partial charge is 0.380 e. The van der Waals surface area contributed by atoms with Gasteiger partial charge in [-0.3, -0.25) is 4.68 Å². The van der Waals surface area contributed by atoms with Crippen molar-refractivity contribution in [3.05, 3.63) is 88.6 Å². The van der Waals surface area contributed by atoms with Crippen LogP contribution in [0.25, 0.3) is 39.0 Å². The van der Waals surface area contributed by atoms with E-state index in [2.05, 4.69) is 31.2 Å². The summed E-state index contributed by atoms with van der Waals surface area (Å²) in [6.45, 7) is 0.547. The van der Waals surface area contributed by atoms with E-state index >= 15 is 0 Å². The van der Waals surface area contributed by atoms with Crippen LogP contribution in [0.2, 0.25) is 0 Å². The summed E-state index contributed by atoms with van der Waals surface area (Å²) in [6, 6.07) is 19.0. The van der Waals surface area contributed by atoms with Gasteiger partial charge in [-0.25, -0.2) is 14.5 Å². The molecule has 0 aliphatic rings. The monoisotopic (exact) mass is 447 g/mol. The van der Waals surface area contributed by atoms with Gasteiger partial charge in [0.05, 0.1) is 46.1 Å². The fourth-order valence-electron chi connectivity index (χ4n) is 4.07. The zero-order valence-corrected chi connectivity index (χ0v) is 17.7. The minimum Gasteiger partial charge on any atom is -0.380 e. The second-order valence-electron chi connectivity index (χ2n) is 7.88. The molecule has 0 spiro atoms. The molecule has 10 nitrogen and oxygen atoms in total. The maximum atomic E-state index is 11.6. The molecule has 4 heterocycles. The number of benzene rings is 2. The Morgan fingerprint density at radius 3 is 2.68 bits per heavy atom. The second kappa shape index (κ2) is 7.46. The summed E-state index contributed by atoms with van der Waals surface area (Å²) in [5, 5.41) is 18.0. The highest BCUT2D eigenvalue weighted by Gasteiger charge is 2.15. The number of hydrogen-bond acceptors (Lipinski definition) is 6. The molecule has 6 aromatic rings. The van der Waals surface area contributed by atoms with Gasteiger partial charge in [-0.2, -0.15) is 10.4 Å². The van der Waals surface area contributed by atoms with E-state index < -0.39 is 0 Å². The number of nitrogen functional groups attached to an aromatic ring is 1. The number of H-pyrrole nitrogens is 2. The Morgan fingerprint density at radius 2 is 1.85 bits per heavy atom. The number of fused-ring (bicyclic) bond motifs is 2. The lowest BCUT2D eigenvalue weighted by molar-refractivity contribution is 0.694. The van der Waals surface area contributed by atoms with Crippen molar-refractivity contribution in [3.63, 3.8) is 0 Å². The van der Waals surface area contributed by atoms with Crippen LogP contribution in [0.4, 0.5) is 5.82 Å². The highest BCUT2D eigenvalue weighted by atomic mass is 16.1. The van der Waals surface area contributed by atoms with E-state index in [1.807, 2.05) is 47.1 Å². The first-order chi connectivity index (χ1) is 16.6. The number of rotatable bonds is 4. The molecule has 0 bridgehead atoms. The fourth-order valence-corrected chi connectivity index (χ4v) is 4.07. The molecule has 0 aliphatic carbocycles. The zero-order chi connectivity index (χ0) is 23.2. The maximum Gasteiger partial charge on any atom is 0.323 e. The Morgan fingerprint density at radius 1 is 1.03 bits per heavy atom. The van der Waals surface area contributed by atoms with E-state index in [1.165, 1.54) is 0 Å². The maximum absolute atomic E-state index is 11.6. The summed E-state index contributed by atoms with van der Waals surface area (Å²) in [5.74, 6) is 0.315. The lowest BCUT2D eigenvalue weighted by Gasteiger charge is -2.09. The molecule has 0 unspecified atom stereocenters. The summed E-state index contributed by atoms with van der Waals surface area (Å²) in [4.78, 5) is 21.7. The number of nitrogens with one attached hydrogen (secondary N) is 2. The molecule has 2 aromatic carbocycles. The van der Waals surface area contributed by atoms with Gasteiger partial charge in [0.2, 0.25) is 0 Å². The number of nitrogens with zero attached hydrogens (tertiary/aromatic N) is 6. The number of aromatic nitrogens is 7. The highest BCUT2D eigenvalue weighted by molar-refractivity contribution is 5.89. The first-order valence-corrected chi connectivity index (χ1v) is 10.5. The van der Waals surface area contributed by atoms with Crippen molar-refractivity contribution in [2.75, 3.05) is 5.73 Å². The van der Waals surface area contributed by atoms with Crippen molar-refractivity contribution in [2.24, 2.45) is 0 Å². The third-order valence-corrected chi connectivity index (χ3v) is 5.72. The van der Waals surface area contributed by atoms with E-state index in [-0.39, 0.29) is 5.69 Å². The number of aromatic amines is 2. The van der Waals surface area contributed by atoms with Gasteiger partial charge >= 0.3 is 5.69 Å². The molecule has 0 aliphatic heterocycles. The van der Waals surface area contributed by atoms with Crippen molar-refractivity contribution >= 4 is 27.9 Å². The molecule has 0 atom stereocenters. The fraction of sp³-hybridized carbons (Fsp3) is 0.0417. The van der Waals surface area contributed by atoms with Crippen LogP contribution in [0.15, 0.2) is 71.8 Å². The van der Waals surface area contributed by atoms with E-state index in [0.29, 0.717) is 34.5 Å². The molecule has 0 radical (unpaired) electrons. The van der Waals surface area contributed by atoms with Crippen LogP contribution in [0.1, 0.15) is 11.1 Å². The summed E-state index contributed by atoms with van der Waals surface area (Å²) in [7, 11) is 0. The van der Waals surface area contributed by atoms with Gasteiger partial charge in [-0.05, 0) is 48.0 Å². The Labute approximate surface area is 191 Å². The van der Waals surface area contributed by atoms with E-state index in [9.17, 15) is 4.79 Å². The SMILES string of the molecule is N#Cc1ccc(Cn2nccc2-c2cnc3c(N)nn(-c4ccc5[nH]c(=O)[nH]c5c4)c3c2)cc1. The lowest BCUT2D eigenvalue weighted by Crippen LogP contribution is -2.04. The van der Waals surface area contributed by atoms with Gasteiger partial charge < -0.3 is 15.7 Å². The number of hydrogen-bond donors (Lipinski definition) is 3. The Hall–Kier alpha value is -5.17. The normalized spacial score (nSPS) is 11.3. The van der Waals surface area contributed by atoms with Gasteiger partial charge in [-0.15, -0.1) is 5.10 Å². The van der Waals surface area contributed by atoms with Gasteiger partial charge in [0, 0.05) is 18.0 Å². The van der Waals surface area contributed by atoms with Gasteiger partial charge in [0.15, 0.2) is 5.82 Å². The third kappa shape index (κ3) is 3.20. The average molecular weight is 447 g/mol. The van der Waals surface area contributed by atoms with E-state index in [4.69, 9.17) is 11.0 Å². The van der Waals surface area contributed by atoms with Crippen molar-refractivity contribution in [1.29, 1.82) is 5.26 Å². The minimum absolute atomic E-state index is 0.267. The number of nitriles is 1. The molecule has 34 heavy (non-hydrogen) atoms. The molecule has 0 saturated heterocycles. The Bertz CT molecular complexity index is 1780. The van der Waals surface area contributed by atoms with Crippen molar-refractivity contribution in [1.82, 2.24) is 34.5 Å². The lowest BCUT2D eigenvalue weighted by atomic mass is 10.1. The van der Waals surface area contributed by atoms with E-state index in [0.717, 1.165) is 28.0 Å². The molecular weight excluding hydrogens is 430 g/mol. The topological polar surface area (TPSA) is 147 Å². The van der Waals surface area contributed by atoms with E-state index in [1.54, 1.807) is 29.2 Å². The smallest absolute Gasteiger partial charge is 0.323 e. The van der Waals surface area contributed by atoms with Gasteiger partial charge in [0.25, 0.3) is 0 Å². The molecule has 0 fully saturated rings. The molecular formula is C24H17N9O. The van der Waals surface area contributed by atoms with Crippen LogP contribution in [0.5, 0.6) is 0 Å². The summed E-state index contributed by atoms with van der Waals surface area (Å²) >= 11 is 0. The number of anilines is 1. The third-order valence-electron chi connectivity index (χ3n) is 5.72.